The summed E-state index contributed by atoms with van der Waals surface area (Å²) in [6, 6.07) is 3.93. The van der Waals surface area contributed by atoms with Crippen molar-refractivity contribution < 1.29 is 9.47 Å². The average molecular weight is 228 g/mol. The molecule has 1 aliphatic rings. The van der Waals surface area contributed by atoms with Gasteiger partial charge in [-0.25, -0.2) is 0 Å². The van der Waals surface area contributed by atoms with Gasteiger partial charge in [0.05, 0.1) is 19.2 Å². The third-order valence-corrected chi connectivity index (χ3v) is 3.04. The molecule has 1 aromatic rings. The molecule has 0 aliphatic heterocycles. The second kappa shape index (κ2) is 3.91. The summed E-state index contributed by atoms with van der Waals surface area (Å²) in [6.07, 6.45) is 1.00. The van der Waals surface area contributed by atoms with Gasteiger partial charge in [-0.1, -0.05) is 11.6 Å². The minimum absolute atomic E-state index is 0.241. The summed E-state index contributed by atoms with van der Waals surface area (Å²) < 4.78 is 10.4. The maximum atomic E-state index is 6.01. The van der Waals surface area contributed by atoms with Gasteiger partial charge in [0, 0.05) is 23.6 Å². The van der Waals surface area contributed by atoms with Crippen LogP contribution in [-0.2, 0) is 0 Å². The van der Waals surface area contributed by atoms with Crippen molar-refractivity contribution in [2.75, 3.05) is 14.2 Å². The van der Waals surface area contributed by atoms with Crippen molar-refractivity contribution in [2.24, 2.45) is 5.73 Å². The number of methoxy groups -OCH3 is 2. The summed E-state index contributed by atoms with van der Waals surface area (Å²) in [7, 11) is 3.24. The predicted octanol–water partition coefficient (Wildman–Crippen LogP) is 2.17. The quantitative estimate of drug-likeness (QED) is 0.861. The Morgan fingerprint density at radius 2 is 1.87 bits per heavy atom. The first-order valence-corrected chi connectivity index (χ1v) is 5.22. The predicted molar refractivity (Wildman–Crippen MR) is 59.9 cm³/mol. The van der Waals surface area contributed by atoms with Crippen molar-refractivity contribution in [3.63, 3.8) is 0 Å². The molecule has 3 nitrogen and oxygen atoms in total. The highest BCUT2D eigenvalue weighted by Gasteiger charge is 2.37. The van der Waals surface area contributed by atoms with Crippen LogP contribution in [0, 0.1) is 0 Å². The van der Waals surface area contributed by atoms with E-state index in [1.165, 1.54) is 0 Å². The van der Waals surface area contributed by atoms with Crippen LogP contribution in [0.1, 0.15) is 17.9 Å². The van der Waals surface area contributed by atoms with Crippen molar-refractivity contribution in [1.82, 2.24) is 0 Å². The monoisotopic (exact) mass is 227 g/mol. The Bertz CT molecular complexity index is 381. The van der Waals surface area contributed by atoms with Crippen LogP contribution < -0.4 is 15.2 Å². The molecule has 0 spiro atoms. The molecule has 0 bridgehead atoms. The Kier molecular flexibility index (Phi) is 2.76. The van der Waals surface area contributed by atoms with Crippen LogP contribution in [0.25, 0.3) is 0 Å². The molecule has 0 amide bonds. The Morgan fingerprint density at radius 1 is 1.27 bits per heavy atom. The number of halogens is 1. The molecule has 1 aliphatic carbocycles. The molecular formula is C11H14ClNO2. The molecule has 1 saturated carbocycles. The molecule has 2 rings (SSSR count). The highest BCUT2D eigenvalue weighted by molar-refractivity contribution is 6.32. The SMILES string of the molecule is COc1cc(C2CC2N)c(OC)cc1Cl. The van der Waals surface area contributed by atoms with E-state index >= 15 is 0 Å². The maximum absolute atomic E-state index is 6.01. The second-order valence-corrected chi connectivity index (χ2v) is 4.14. The minimum atomic E-state index is 0.241. The van der Waals surface area contributed by atoms with Gasteiger partial charge in [-0.3, -0.25) is 0 Å². The van der Waals surface area contributed by atoms with Gasteiger partial charge in [0.15, 0.2) is 0 Å². The van der Waals surface area contributed by atoms with E-state index in [2.05, 4.69) is 0 Å². The van der Waals surface area contributed by atoms with Crippen LogP contribution in [0.5, 0.6) is 11.5 Å². The van der Waals surface area contributed by atoms with Crippen LogP contribution in [0.15, 0.2) is 12.1 Å². The number of hydrogen-bond donors (Lipinski definition) is 1. The zero-order valence-corrected chi connectivity index (χ0v) is 9.54. The van der Waals surface area contributed by atoms with Gasteiger partial charge in [0.2, 0.25) is 0 Å². The lowest BCUT2D eigenvalue weighted by molar-refractivity contribution is 0.399. The highest BCUT2D eigenvalue weighted by atomic mass is 35.5. The molecule has 2 atom stereocenters. The summed E-state index contributed by atoms with van der Waals surface area (Å²) in [5, 5.41) is 0.562. The van der Waals surface area contributed by atoms with E-state index in [9.17, 15) is 0 Å². The molecule has 0 radical (unpaired) electrons. The van der Waals surface area contributed by atoms with Gasteiger partial charge in [0.25, 0.3) is 0 Å². The molecule has 1 fully saturated rings. The number of nitrogens with two attached hydrogens (primary N) is 1. The lowest BCUT2D eigenvalue weighted by Crippen LogP contribution is -2.02. The first kappa shape index (κ1) is 10.6. The summed E-state index contributed by atoms with van der Waals surface area (Å²) in [6.45, 7) is 0. The molecule has 2 unspecified atom stereocenters. The number of rotatable bonds is 3. The van der Waals surface area contributed by atoms with E-state index in [4.69, 9.17) is 26.8 Å². The molecular weight excluding hydrogens is 214 g/mol. The lowest BCUT2D eigenvalue weighted by atomic mass is 10.1. The Hall–Kier alpha value is -0.930. The topological polar surface area (TPSA) is 44.5 Å². The third-order valence-electron chi connectivity index (χ3n) is 2.74. The molecule has 0 aromatic heterocycles. The van der Waals surface area contributed by atoms with Crippen molar-refractivity contribution in [3.05, 3.63) is 22.7 Å². The van der Waals surface area contributed by atoms with Crippen LogP contribution in [0.2, 0.25) is 5.02 Å². The van der Waals surface area contributed by atoms with E-state index in [1.54, 1.807) is 20.3 Å². The Balaban J connectivity index is 2.42. The molecule has 4 heteroatoms. The third kappa shape index (κ3) is 1.90. The molecule has 0 heterocycles. The van der Waals surface area contributed by atoms with Crippen LogP contribution in [0.3, 0.4) is 0 Å². The minimum Gasteiger partial charge on any atom is -0.496 e. The molecule has 1 aromatic carbocycles. The van der Waals surface area contributed by atoms with E-state index in [-0.39, 0.29) is 6.04 Å². The van der Waals surface area contributed by atoms with Gasteiger partial charge in [-0.2, -0.15) is 0 Å². The zero-order chi connectivity index (χ0) is 11.0. The Labute approximate surface area is 94.1 Å². The maximum Gasteiger partial charge on any atom is 0.138 e. The van der Waals surface area contributed by atoms with Gasteiger partial charge in [-0.05, 0) is 12.5 Å². The average Bonchev–Trinajstić information content (AvgIpc) is 2.95. The van der Waals surface area contributed by atoms with Crippen LogP contribution in [0.4, 0.5) is 0 Å². The van der Waals surface area contributed by atoms with Crippen molar-refractivity contribution in [1.29, 1.82) is 0 Å². The van der Waals surface area contributed by atoms with E-state index < -0.39 is 0 Å². The molecule has 82 valence electrons. The fourth-order valence-electron chi connectivity index (χ4n) is 1.75. The lowest BCUT2D eigenvalue weighted by Gasteiger charge is -2.11. The van der Waals surface area contributed by atoms with Gasteiger partial charge < -0.3 is 15.2 Å². The van der Waals surface area contributed by atoms with E-state index in [1.807, 2.05) is 6.07 Å². The van der Waals surface area contributed by atoms with E-state index in [0.29, 0.717) is 16.7 Å². The first-order valence-electron chi connectivity index (χ1n) is 4.84. The standard InChI is InChI=1S/C11H14ClNO2/c1-14-10-5-8(12)11(15-2)4-7(10)6-3-9(6)13/h4-6,9H,3,13H2,1-2H3. The van der Waals surface area contributed by atoms with Gasteiger partial charge in [-0.15, -0.1) is 0 Å². The zero-order valence-electron chi connectivity index (χ0n) is 8.79. The fraction of sp³-hybridized carbons (Fsp3) is 0.455. The largest absolute Gasteiger partial charge is 0.496 e. The van der Waals surface area contributed by atoms with Gasteiger partial charge in [0.1, 0.15) is 11.5 Å². The summed E-state index contributed by atoms with van der Waals surface area (Å²) in [5.74, 6) is 1.84. The summed E-state index contributed by atoms with van der Waals surface area (Å²) >= 11 is 6.01. The van der Waals surface area contributed by atoms with Crippen molar-refractivity contribution in [2.45, 2.75) is 18.4 Å². The fourth-order valence-corrected chi connectivity index (χ4v) is 1.98. The molecule has 15 heavy (non-hydrogen) atoms. The normalized spacial score (nSPS) is 23.7. The number of benzene rings is 1. The highest BCUT2D eigenvalue weighted by Crippen LogP contribution is 2.46. The molecule has 0 saturated heterocycles. The number of ether oxygens (including phenoxy) is 2. The van der Waals surface area contributed by atoms with E-state index in [0.717, 1.165) is 17.7 Å². The van der Waals surface area contributed by atoms with Crippen LogP contribution in [-0.4, -0.2) is 20.3 Å². The van der Waals surface area contributed by atoms with Crippen LogP contribution >= 0.6 is 11.6 Å². The smallest absolute Gasteiger partial charge is 0.138 e. The molecule has 2 N–H and O–H groups in total. The Morgan fingerprint density at radius 3 is 2.33 bits per heavy atom. The van der Waals surface area contributed by atoms with Crippen molar-refractivity contribution >= 4 is 11.6 Å². The first-order chi connectivity index (χ1) is 7.17. The van der Waals surface area contributed by atoms with Crippen molar-refractivity contribution in [3.8, 4) is 11.5 Å². The van der Waals surface area contributed by atoms with Gasteiger partial charge >= 0.3 is 0 Å². The summed E-state index contributed by atoms with van der Waals surface area (Å²) in [5.41, 5.74) is 6.91. The summed E-state index contributed by atoms with van der Waals surface area (Å²) in [4.78, 5) is 0. The number of hydrogen-bond acceptors (Lipinski definition) is 3. The second-order valence-electron chi connectivity index (χ2n) is 3.73.